The van der Waals surface area contributed by atoms with E-state index in [1.807, 2.05) is 31.2 Å². The molecular formula is C21H25N3O3S. The van der Waals surface area contributed by atoms with Crippen molar-refractivity contribution >= 4 is 28.8 Å². The third-order valence-electron chi connectivity index (χ3n) is 4.91. The van der Waals surface area contributed by atoms with Gasteiger partial charge in [0.1, 0.15) is 11.3 Å². The highest BCUT2D eigenvalue weighted by molar-refractivity contribution is 7.98. The van der Waals surface area contributed by atoms with E-state index < -0.39 is 0 Å². The second-order valence-electron chi connectivity index (χ2n) is 7.16. The molecule has 0 atom stereocenters. The number of piperidine rings is 1. The molecule has 7 heteroatoms. The van der Waals surface area contributed by atoms with E-state index in [0.717, 1.165) is 42.1 Å². The molecule has 1 saturated heterocycles. The molecule has 1 aromatic carbocycles. The summed E-state index contributed by atoms with van der Waals surface area (Å²) in [6.45, 7) is 5.84. The van der Waals surface area contributed by atoms with Gasteiger partial charge in [-0.15, -0.1) is 0 Å². The second kappa shape index (κ2) is 8.84. The number of hydrogen-bond donors (Lipinski definition) is 1. The number of likely N-dealkylation sites (tertiary alicyclic amines) is 1. The Balaban J connectivity index is 1.26. The Morgan fingerprint density at radius 3 is 2.89 bits per heavy atom. The van der Waals surface area contributed by atoms with Crippen LogP contribution in [0.3, 0.4) is 0 Å². The van der Waals surface area contributed by atoms with Crippen molar-refractivity contribution in [3.8, 4) is 0 Å². The van der Waals surface area contributed by atoms with Crippen molar-refractivity contribution in [1.29, 1.82) is 0 Å². The highest BCUT2D eigenvalue weighted by atomic mass is 32.2. The molecule has 0 bridgehead atoms. The number of rotatable bonds is 7. The molecule has 0 saturated carbocycles. The minimum absolute atomic E-state index is 0.161. The minimum atomic E-state index is -0.161. The molecular weight excluding hydrogens is 374 g/mol. The largest absolute Gasteiger partial charge is 0.455 e. The van der Waals surface area contributed by atoms with Gasteiger partial charge in [0.15, 0.2) is 11.3 Å². The van der Waals surface area contributed by atoms with Gasteiger partial charge in [0.25, 0.3) is 11.1 Å². The SMILES string of the molecule is Cc1ccc2oc(SCc3ccc(C(=O)NCCN4CCCCC4)o3)nc2c1. The number of furan rings is 1. The number of oxazole rings is 1. The van der Waals surface area contributed by atoms with E-state index in [1.54, 1.807) is 6.07 Å². The summed E-state index contributed by atoms with van der Waals surface area (Å²) in [4.78, 5) is 19.1. The number of fused-ring (bicyclic) bond motifs is 1. The summed E-state index contributed by atoms with van der Waals surface area (Å²) in [5.74, 6) is 1.48. The van der Waals surface area contributed by atoms with Gasteiger partial charge in [0.05, 0.1) is 5.75 Å². The van der Waals surface area contributed by atoms with Gasteiger partial charge in [-0.3, -0.25) is 4.79 Å². The van der Waals surface area contributed by atoms with Crippen molar-refractivity contribution in [3.05, 3.63) is 47.4 Å². The van der Waals surface area contributed by atoms with Crippen LogP contribution in [0.2, 0.25) is 0 Å². The van der Waals surface area contributed by atoms with E-state index in [0.29, 0.717) is 23.3 Å². The summed E-state index contributed by atoms with van der Waals surface area (Å²) >= 11 is 1.46. The van der Waals surface area contributed by atoms with Crippen LogP contribution < -0.4 is 5.32 Å². The van der Waals surface area contributed by atoms with E-state index in [-0.39, 0.29) is 5.91 Å². The van der Waals surface area contributed by atoms with E-state index in [4.69, 9.17) is 8.83 Å². The van der Waals surface area contributed by atoms with Gasteiger partial charge in [-0.2, -0.15) is 0 Å². The number of aryl methyl sites for hydroxylation is 1. The van der Waals surface area contributed by atoms with Gasteiger partial charge in [-0.1, -0.05) is 24.2 Å². The molecule has 0 aliphatic carbocycles. The van der Waals surface area contributed by atoms with E-state index in [9.17, 15) is 4.79 Å². The van der Waals surface area contributed by atoms with Crippen molar-refractivity contribution in [2.75, 3.05) is 26.2 Å². The molecule has 148 valence electrons. The Labute approximate surface area is 168 Å². The number of nitrogens with one attached hydrogen (secondary N) is 1. The first-order chi connectivity index (χ1) is 13.7. The topological polar surface area (TPSA) is 71.5 Å². The van der Waals surface area contributed by atoms with E-state index in [2.05, 4.69) is 15.2 Å². The lowest BCUT2D eigenvalue weighted by molar-refractivity contribution is 0.0917. The zero-order chi connectivity index (χ0) is 19.3. The predicted molar refractivity (Wildman–Crippen MR) is 110 cm³/mol. The molecule has 3 aromatic rings. The number of thioether (sulfide) groups is 1. The lowest BCUT2D eigenvalue weighted by Crippen LogP contribution is -2.37. The average molecular weight is 400 g/mol. The molecule has 6 nitrogen and oxygen atoms in total. The Bertz CT molecular complexity index is 943. The van der Waals surface area contributed by atoms with Crippen molar-refractivity contribution in [2.45, 2.75) is 37.2 Å². The molecule has 1 aliphatic heterocycles. The van der Waals surface area contributed by atoms with Crippen LogP contribution in [-0.4, -0.2) is 42.0 Å². The standard InChI is InChI=1S/C21H25N3O3S/c1-15-5-7-18-17(13-15)23-21(27-18)28-14-16-6-8-19(26-16)20(25)22-9-12-24-10-3-2-4-11-24/h5-8,13H,2-4,9-12,14H2,1H3,(H,22,25). The zero-order valence-corrected chi connectivity index (χ0v) is 16.9. The summed E-state index contributed by atoms with van der Waals surface area (Å²) < 4.78 is 11.4. The maximum absolute atomic E-state index is 12.3. The van der Waals surface area contributed by atoms with Crippen molar-refractivity contribution in [2.24, 2.45) is 0 Å². The summed E-state index contributed by atoms with van der Waals surface area (Å²) in [6.07, 6.45) is 3.83. The van der Waals surface area contributed by atoms with Crippen LogP contribution >= 0.6 is 11.8 Å². The molecule has 1 fully saturated rings. The van der Waals surface area contributed by atoms with E-state index in [1.165, 1.54) is 31.0 Å². The third-order valence-corrected chi connectivity index (χ3v) is 5.76. The number of benzene rings is 1. The second-order valence-corrected chi connectivity index (χ2v) is 8.09. The van der Waals surface area contributed by atoms with Crippen molar-refractivity contribution in [1.82, 2.24) is 15.2 Å². The lowest BCUT2D eigenvalue weighted by Gasteiger charge is -2.26. The van der Waals surface area contributed by atoms with Gasteiger partial charge in [-0.25, -0.2) is 4.98 Å². The fourth-order valence-corrected chi connectivity index (χ4v) is 4.12. The number of carbonyl (C=O) groups excluding carboxylic acids is 1. The van der Waals surface area contributed by atoms with Crippen LogP contribution in [0.15, 0.2) is 44.4 Å². The Hall–Kier alpha value is -2.25. The summed E-state index contributed by atoms with van der Waals surface area (Å²) in [5.41, 5.74) is 2.79. The monoisotopic (exact) mass is 399 g/mol. The molecule has 3 heterocycles. The number of hydrogen-bond acceptors (Lipinski definition) is 6. The van der Waals surface area contributed by atoms with Crippen molar-refractivity contribution < 1.29 is 13.6 Å². The van der Waals surface area contributed by atoms with Crippen molar-refractivity contribution in [3.63, 3.8) is 0 Å². The fraction of sp³-hybridized carbons (Fsp3) is 0.429. The number of amides is 1. The Kier molecular flexibility index (Phi) is 6.02. The van der Waals surface area contributed by atoms with Crippen LogP contribution in [-0.2, 0) is 5.75 Å². The molecule has 1 amide bonds. The van der Waals surface area contributed by atoms with Gasteiger partial charge in [0.2, 0.25) is 0 Å². The molecule has 2 aromatic heterocycles. The summed E-state index contributed by atoms with van der Waals surface area (Å²) in [6, 6.07) is 9.49. The van der Waals surface area contributed by atoms with Crippen LogP contribution in [0, 0.1) is 6.92 Å². The average Bonchev–Trinajstić information content (AvgIpc) is 3.33. The van der Waals surface area contributed by atoms with Gasteiger partial charge in [-0.05, 0) is 62.7 Å². The van der Waals surface area contributed by atoms with Crippen LogP contribution in [0.25, 0.3) is 11.1 Å². The molecule has 0 radical (unpaired) electrons. The normalized spacial score (nSPS) is 15.2. The van der Waals surface area contributed by atoms with Crippen LogP contribution in [0.4, 0.5) is 0 Å². The van der Waals surface area contributed by atoms with Crippen LogP contribution in [0.1, 0.15) is 41.1 Å². The first kappa shape index (κ1) is 19.1. The molecule has 28 heavy (non-hydrogen) atoms. The van der Waals surface area contributed by atoms with E-state index >= 15 is 0 Å². The smallest absolute Gasteiger partial charge is 0.287 e. The molecule has 0 spiro atoms. The van der Waals surface area contributed by atoms with Gasteiger partial charge in [0, 0.05) is 13.1 Å². The number of aromatic nitrogens is 1. The lowest BCUT2D eigenvalue weighted by atomic mass is 10.1. The molecule has 0 unspecified atom stereocenters. The Morgan fingerprint density at radius 2 is 2.04 bits per heavy atom. The maximum atomic E-state index is 12.3. The fourth-order valence-electron chi connectivity index (χ4n) is 3.39. The van der Waals surface area contributed by atoms with Gasteiger partial charge >= 0.3 is 0 Å². The first-order valence-electron chi connectivity index (χ1n) is 9.77. The highest BCUT2D eigenvalue weighted by Crippen LogP contribution is 2.27. The number of nitrogens with zero attached hydrogens (tertiary/aromatic N) is 2. The summed E-state index contributed by atoms with van der Waals surface area (Å²) in [7, 11) is 0. The summed E-state index contributed by atoms with van der Waals surface area (Å²) in [5, 5.41) is 3.55. The maximum Gasteiger partial charge on any atom is 0.287 e. The number of carbonyl (C=O) groups is 1. The Morgan fingerprint density at radius 1 is 1.18 bits per heavy atom. The molecule has 4 rings (SSSR count). The zero-order valence-electron chi connectivity index (χ0n) is 16.1. The van der Waals surface area contributed by atoms with Crippen LogP contribution in [0.5, 0.6) is 0 Å². The third kappa shape index (κ3) is 4.77. The van der Waals surface area contributed by atoms with Gasteiger partial charge < -0.3 is 19.1 Å². The highest BCUT2D eigenvalue weighted by Gasteiger charge is 2.14. The first-order valence-corrected chi connectivity index (χ1v) is 10.8. The molecule has 1 aliphatic rings. The quantitative estimate of drug-likeness (QED) is 0.599. The minimum Gasteiger partial charge on any atom is -0.455 e. The predicted octanol–water partition coefficient (Wildman–Crippen LogP) is 4.24. The molecule has 1 N–H and O–H groups in total.